The highest BCUT2D eigenvalue weighted by molar-refractivity contribution is 6.43. The summed E-state index contributed by atoms with van der Waals surface area (Å²) in [5, 5.41) is 3.27. The third-order valence-corrected chi connectivity index (χ3v) is 1.74. The maximum atomic E-state index is 13.4. The molecule has 0 bridgehead atoms. The molecule has 0 aliphatic heterocycles. The van der Waals surface area contributed by atoms with E-state index in [4.69, 9.17) is 10.6 Å². The summed E-state index contributed by atoms with van der Waals surface area (Å²) in [4.78, 5) is 15.1. The topological polar surface area (TPSA) is 77.6 Å². The minimum absolute atomic E-state index is 0.0794. The number of halogens is 1. The lowest BCUT2D eigenvalue weighted by Gasteiger charge is -2.19. The molecule has 0 spiro atoms. The fourth-order valence-electron chi connectivity index (χ4n) is 1.12. The van der Waals surface area contributed by atoms with Gasteiger partial charge in [-0.15, -0.1) is 0 Å². The van der Waals surface area contributed by atoms with Gasteiger partial charge in [-0.3, -0.25) is 0 Å². The molecule has 0 atom stereocenters. The normalized spacial score (nSPS) is 12.4. The quantitative estimate of drug-likeness (QED) is 0.277. The standard InChI is InChI=1S/C11H14FN3O2/c1-11(2,3)17-10(16)8(15-13)7-5-4-6-14-9(7)12/h4-6H,13H2,1-3H3/b15-8-. The minimum atomic E-state index is -0.817. The number of pyridine rings is 1. The van der Waals surface area contributed by atoms with Gasteiger partial charge in [0.1, 0.15) is 5.60 Å². The van der Waals surface area contributed by atoms with Crippen LogP contribution in [0.4, 0.5) is 4.39 Å². The van der Waals surface area contributed by atoms with Crippen LogP contribution in [-0.4, -0.2) is 22.3 Å². The van der Waals surface area contributed by atoms with Crippen molar-refractivity contribution in [3.63, 3.8) is 0 Å². The lowest BCUT2D eigenvalue weighted by Crippen LogP contribution is -2.30. The van der Waals surface area contributed by atoms with Gasteiger partial charge >= 0.3 is 5.97 Å². The summed E-state index contributed by atoms with van der Waals surface area (Å²) in [7, 11) is 0. The Bertz CT molecular complexity index is 452. The van der Waals surface area contributed by atoms with Gasteiger partial charge < -0.3 is 10.6 Å². The average molecular weight is 239 g/mol. The molecule has 2 N–H and O–H groups in total. The van der Waals surface area contributed by atoms with Gasteiger partial charge in [0, 0.05) is 6.20 Å². The van der Waals surface area contributed by atoms with Gasteiger partial charge in [0.25, 0.3) is 0 Å². The Morgan fingerprint density at radius 3 is 2.65 bits per heavy atom. The number of carbonyl (C=O) groups is 1. The lowest BCUT2D eigenvalue weighted by molar-refractivity contribution is -0.146. The summed E-state index contributed by atoms with van der Waals surface area (Å²) < 4.78 is 18.4. The van der Waals surface area contributed by atoms with E-state index in [1.54, 1.807) is 20.8 Å². The second-order valence-corrected chi connectivity index (χ2v) is 4.32. The van der Waals surface area contributed by atoms with Crippen molar-refractivity contribution in [2.45, 2.75) is 26.4 Å². The summed E-state index contributed by atoms with van der Waals surface area (Å²) in [6, 6.07) is 2.84. The van der Waals surface area contributed by atoms with E-state index in [2.05, 4.69) is 10.1 Å². The van der Waals surface area contributed by atoms with Crippen LogP contribution in [-0.2, 0) is 9.53 Å². The maximum Gasteiger partial charge on any atom is 0.360 e. The van der Waals surface area contributed by atoms with Crippen molar-refractivity contribution in [3.8, 4) is 0 Å². The molecule has 0 saturated heterocycles. The number of ether oxygens (including phenoxy) is 1. The molecule has 92 valence electrons. The van der Waals surface area contributed by atoms with Gasteiger partial charge in [-0.05, 0) is 32.9 Å². The number of nitrogens with two attached hydrogens (primary N) is 1. The monoisotopic (exact) mass is 239 g/mol. The van der Waals surface area contributed by atoms with Crippen molar-refractivity contribution in [1.82, 2.24) is 4.98 Å². The first kappa shape index (κ1) is 13.1. The third-order valence-electron chi connectivity index (χ3n) is 1.74. The highest BCUT2D eigenvalue weighted by atomic mass is 19.1. The van der Waals surface area contributed by atoms with Crippen LogP contribution in [0.15, 0.2) is 23.4 Å². The van der Waals surface area contributed by atoms with E-state index in [0.29, 0.717) is 0 Å². The van der Waals surface area contributed by atoms with Gasteiger partial charge in [0.05, 0.1) is 5.56 Å². The number of rotatable bonds is 2. The number of esters is 1. The second-order valence-electron chi connectivity index (χ2n) is 4.32. The van der Waals surface area contributed by atoms with Gasteiger partial charge in [-0.1, -0.05) is 0 Å². The second kappa shape index (κ2) is 4.90. The Balaban J connectivity index is 3.03. The number of hydrogen-bond acceptors (Lipinski definition) is 5. The van der Waals surface area contributed by atoms with E-state index in [0.717, 1.165) is 0 Å². The minimum Gasteiger partial charge on any atom is -0.455 e. The van der Waals surface area contributed by atoms with Crippen LogP contribution in [0.25, 0.3) is 0 Å². The zero-order chi connectivity index (χ0) is 13.1. The molecule has 0 radical (unpaired) electrons. The molecule has 1 rings (SSSR count). The van der Waals surface area contributed by atoms with Crippen LogP contribution in [0.5, 0.6) is 0 Å². The molecule has 0 aliphatic rings. The van der Waals surface area contributed by atoms with Crippen molar-refractivity contribution in [1.29, 1.82) is 0 Å². The maximum absolute atomic E-state index is 13.4. The SMILES string of the molecule is CC(C)(C)OC(=O)/C(=N\N)c1cccnc1F. The molecule has 0 aliphatic carbocycles. The Morgan fingerprint density at radius 1 is 1.53 bits per heavy atom. The van der Waals surface area contributed by atoms with E-state index in [-0.39, 0.29) is 11.3 Å². The Kier molecular flexibility index (Phi) is 3.77. The van der Waals surface area contributed by atoms with Crippen molar-refractivity contribution in [3.05, 3.63) is 29.8 Å². The summed E-state index contributed by atoms with van der Waals surface area (Å²) in [5.41, 5.74) is -1.07. The molecule has 0 fully saturated rings. The van der Waals surface area contributed by atoms with Gasteiger partial charge in [0.15, 0.2) is 5.71 Å². The highest BCUT2D eigenvalue weighted by Gasteiger charge is 2.24. The van der Waals surface area contributed by atoms with Gasteiger partial charge in [-0.2, -0.15) is 9.49 Å². The van der Waals surface area contributed by atoms with Crippen molar-refractivity contribution in [2.24, 2.45) is 10.9 Å². The molecule has 1 aromatic rings. The lowest BCUT2D eigenvalue weighted by atomic mass is 10.1. The third kappa shape index (κ3) is 3.51. The molecule has 0 unspecified atom stereocenters. The van der Waals surface area contributed by atoms with E-state index in [9.17, 15) is 9.18 Å². The van der Waals surface area contributed by atoms with E-state index in [1.165, 1.54) is 18.3 Å². The summed E-state index contributed by atoms with van der Waals surface area (Å²) >= 11 is 0. The first-order valence-corrected chi connectivity index (χ1v) is 4.97. The van der Waals surface area contributed by atoms with Gasteiger partial charge in [-0.25, -0.2) is 9.78 Å². The molecule has 1 heterocycles. The van der Waals surface area contributed by atoms with Crippen LogP contribution in [0.1, 0.15) is 26.3 Å². The van der Waals surface area contributed by atoms with E-state index in [1.807, 2.05) is 0 Å². The predicted octanol–water partition coefficient (Wildman–Crippen LogP) is 1.23. The Hall–Kier alpha value is -1.98. The molecular formula is C11H14FN3O2. The Morgan fingerprint density at radius 2 is 2.18 bits per heavy atom. The zero-order valence-electron chi connectivity index (χ0n) is 9.90. The predicted molar refractivity (Wildman–Crippen MR) is 60.8 cm³/mol. The molecule has 6 heteroatoms. The number of carbonyl (C=O) groups excluding carboxylic acids is 1. The molecule has 0 amide bonds. The van der Waals surface area contributed by atoms with Crippen LogP contribution >= 0.6 is 0 Å². The average Bonchev–Trinajstić information content (AvgIpc) is 2.19. The Labute approximate surface area is 98.5 Å². The van der Waals surface area contributed by atoms with Crippen LogP contribution in [0, 0.1) is 5.95 Å². The van der Waals surface area contributed by atoms with Crippen molar-refractivity contribution < 1.29 is 13.9 Å². The number of nitrogens with zero attached hydrogens (tertiary/aromatic N) is 2. The molecular weight excluding hydrogens is 225 g/mol. The van der Waals surface area contributed by atoms with Crippen molar-refractivity contribution in [2.75, 3.05) is 0 Å². The van der Waals surface area contributed by atoms with E-state index >= 15 is 0 Å². The first-order chi connectivity index (χ1) is 7.85. The van der Waals surface area contributed by atoms with Crippen LogP contribution < -0.4 is 5.84 Å². The zero-order valence-corrected chi connectivity index (χ0v) is 9.90. The molecule has 5 nitrogen and oxygen atoms in total. The fourth-order valence-corrected chi connectivity index (χ4v) is 1.12. The number of aromatic nitrogens is 1. The number of hydrazone groups is 1. The molecule has 1 aromatic heterocycles. The molecule has 17 heavy (non-hydrogen) atoms. The highest BCUT2D eigenvalue weighted by Crippen LogP contribution is 2.11. The number of hydrogen-bond donors (Lipinski definition) is 1. The molecule has 0 saturated carbocycles. The van der Waals surface area contributed by atoms with Crippen molar-refractivity contribution >= 4 is 11.7 Å². The summed E-state index contributed by atoms with van der Waals surface area (Å²) in [6.07, 6.45) is 1.27. The first-order valence-electron chi connectivity index (χ1n) is 4.97. The molecule has 0 aromatic carbocycles. The van der Waals surface area contributed by atoms with Crippen LogP contribution in [0.2, 0.25) is 0 Å². The van der Waals surface area contributed by atoms with Gasteiger partial charge in [0.2, 0.25) is 5.95 Å². The van der Waals surface area contributed by atoms with Crippen LogP contribution in [0.3, 0.4) is 0 Å². The fraction of sp³-hybridized carbons (Fsp3) is 0.364. The largest absolute Gasteiger partial charge is 0.455 e. The summed E-state index contributed by atoms with van der Waals surface area (Å²) in [5.74, 6) is 3.48. The summed E-state index contributed by atoms with van der Waals surface area (Å²) in [6.45, 7) is 5.08. The smallest absolute Gasteiger partial charge is 0.360 e. The van der Waals surface area contributed by atoms with E-state index < -0.39 is 17.5 Å².